The monoisotopic (exact) mass is 588 g/mol. The van der Waals surface area contributed by atoms with E-state index in [1.54, 1.807) is 51.7 Å². The Labute approximate surface area is 243 Å². The van der Waals surface area contributed by atoms with Crippen LogP contribution in [0.2, 0.25) is 5.02 Å². The zero-order chi connectivity index (χ0) is 28.9. The minimum absolute atomic E-state index is 0.117. The predicted molar refractivity (Wildman–Crippen MR) is 157 cm³/mol. The van der Waals surface area contributed by atoms with Crippen LogP contribution in [0.4, 0.5) is 4.79 Å². The predicted octanol–water partition coefficient (Wildman–Crippen LogP) is 5.18. The van der Waals surface area contributed by atoms with E-state index in [-0.39, 0.29) is 40.9 Å². The molecule has 1 aliphatic carbocycles. The van der Waals surface area contributed by atoms with Crippen molar-refractivity contribution in [2.24, 2.45) is 5.92 Å². The van der Waals surface area contributed by atoms with E-state index in [2.05, 4.69) is 10.6 Å². The molecule has 1 saturated heterocycles. The second-order valence-corrected chi connectivity index (χ2v) is 14.2. The minimum Gasteiger partial charge on any atom is -0.351 e. The topological polar surface area (TPSA) is 98.8 Å². The van der Waals surface area contributed by atoms with Gasteiger partial charge in [-0.25, -0.2) is 13.2 Å². The van der Waals surface area contributed by atoms with E-state index in [0.29, 0.717) is 37.4 Å². The van der Waals surface area contributed by atoms with Gasteiger partial charge in [-0.1, -0.05) is 54.8 Å². The fraction of sp³-hybridized carbons (Fsp3) is 0.533. The highest BCUT2D eigenvalue weighted by Gasteiger charge is 2.40. The van der Waals surface area contributed by atoms with Crippen molar-refractivity contribution in [2.75, 3.05) is 13.1 Å². The largest absolute Gasteiger partial charge is 0.351 e. The third-order valence-electron chi connectivity index (χ3n) is 7.59. The van der Waals surface area contributed by atoms with Gasteiger partial charge in [0.15, 0.2) is 0 Å². The summed E-state index contributed by atoms with van der Waals surface area (Å²) in [6.07, 6.45) is 4.57. The summed E-state index contributed by atoms with van der Waals surface area (Å²) in [6.45, 7) is 6.93. The molecule has 1 heterocycles. The summed E-state index contributed by atoms with van der Waals surface area (Å²) in [6, 6.07) is 14.8. The normalized spacial score (nSPS) is 22.1. The number of urea groups is 1. The lowest BCUT2D eigenvalue weighted by molar-refractivity contribution is -0.127. The molecule has 0 bridgehead atoms. The number of piperidine rings is 1. The molecule has 2 fully saturated rings. The molecule has 3 amide bonds. The van der Waals surface area contributed by atoms with Crippen molar-refractivity contribution in [3.05, 3.63) is 65.2 Å². The molecule has 1 unspecified atom stereocenters. The van der Waals surface area contributed by atoms with Gasteiger partial charge in [0.05, 0.1) is 10.8 Å². The van der Waals surface area contributed by atoms with E-state index in [9.17, 15) is 18.0 Å². The van der Waals surface area contributed by atoms with E-state index in [1.807, 2.05) is 32.9 Å². The number of amides is 3. The number of likely N-dealkylation sites (tertiary alicyclic amines) is 1. The number of hydrogen-bond donors (Lipinski definition) is 2. The van der Waals surface area contributed by atoms with Crippen LogP contribution in [0.15, 0.2) is 59.5 Å². The molecule has 218 valence electrons. The first-order valence-corrected chi connectivity index (χ1v) is 15.9. The summed E-state index contributed by atoms with van der Waals surface area (Å²) in [5.41, 5.74) is 0.465. The maximum absolute atomic E-state index is 14.0. The molecule has 3 atom stereocenters. The van der Waals surface area contributed by atoms with Crippen molar-refractivity contribution < 1.29 is 18.0 Å². The summed E-state index contributed by atoms with van der Waals surface area (Å²) in [5, 5.41) is 6.79. The Balaban J connectivity index is 1.55. The summed E-state index contributed by atoms with van der Waals surface area (Å²) < 4.78 is 29.6. The fourth-order valence-corrected chi connectivity index (χ4v) is 7.40. The molecule has 40 heavy (non-hydrogen) atoms. The minimum atomic E-state index is -3.85. The van der Waals surface area contributed by atoms with Gasteiger partial charge in [-0.05, 0) is 76.3 Å². The average Bonchev–Trinajstić information content (AvgIpc) is 2.93. The first-order valence-electron chi connectivity index (χ1n) is 14.1. The summed E-state index contributed by atoms with van der Waals surface area (Å²) >= 11 is 6.09. The van der Waals surface area contributed by atoms with Crippen molar-refractivity contribution in [3.63, 3.8) is 0 Å². The van der Waals surface area contributed by atoms with Crippen LogP contribution in [0.1, 0.15) is 64.9 Å². The summed E-state index contributed by atoms with van der Waals surface area (Å²) in [4.78, 5) is 28.2. The first-order chi connectivity index (χ1) is 18.9. The standard InChI is InChI=1S/C30H41ClN4O4S/c1-30(2,3)33-29(37)34-19-9-10-23(21-34)28(36)32-26-13-7-8-14-27(26)35(20-22-15-17-24(31)18-16-22)40(38,39)25-11-5-4-6-12-25/h4-6,11-12,15-18,23,26-27H,7-10,13-14,19-21H2,1-3H3,(H,32,36)(H,33,37)/t23?,26-,27-/m1/s1. The zero-order valence-corrected chi connectivity index (χ0v) is 25.2. The number of halogens is 1. The van der Waals surface area contributed by atoms with E-state index in [1.165, 1.54) is 0 Å². The summed E-state index contributed by atoms with van der Waals surface area (Å²) in [5.74, 6) is -0.453. The van der Waals surface area contributed by atoms with Crippen LogP contribution in [-0.2, 0) is 21.4 Å². The molecule has 0 radical (unpaired) electrons. The highest BCUT2D eigenvalue weighted by molar-refractivity contribution is 7.89. The maximum atomic E-state index is 14.0. The Bertz CT molecular complexity index is 1260. The van der Waals surface area contributed by atoms with E-state index >= 15 is 0 Å². The third-order valence-corrected chi connectivity index (χ3v) is 9.73. The van der Waals surface area contributed by atoms with Gasteiger partial charge in [0.25, 0.3) is 0 Å². The molecule has 2 N–H and O–H groups in total. The van der Waals surface area contributed by atoms with Gasteiger partial charge in [-0.3, -0.25) is 4.79 Å². The Morgan fingerprint density at radius 3 is 2.33 bits per heavy atom. The summed E-state index contributed by atoms with van der Waals surface area (Å²) in [7, 11) is -3.85. The second-order valence-electron chi connectivity index (χ2n) is 11.9. The van der Waals surface area contributed by atoms with Gasteiger partial charge in [-0.15, -0.1) is 0 Å². The number of carbonyl (C=O) groups is 2. The first kappa shape index (κ1) is 30.3. The molecular formula is C30H41ClN4O4S. The number of nitrogens with zero attached hydrogens (tertiary/aromatic N) is 2. The molecule has 2 aliphatic rings. The molecular weight excluding hydrogens is 548 g/mol. The lowest BCUT2D eigenvalue weighted by Gasteiger charge is -2.41. The number of benzene rings is 2. The Morgan fingerprint density at radius 2 is 1.65 bits per heavy atom. The SMILES string of the molecule is CC(C)(C)NC(=O)N1CCCC(C(=O)N[C@@H]2CCCC[C@H]2N(Cc2ccc(Cl)cc2)S(=O)(=O)c2ccccc2)C1. The Kier molecular flexibility index (Phi) is 9.80. The molecule has 1 aliphatic heterocycles. The molecule has 2 aromatic carbocycles. The van der Waals surface area contributed by atoms with Gasteiger partial charge in [-0.2, -0.15) is 4.31 Å². The van der Waals surface area contributed by atoms with Crippen LogP contribution in [0, 0.1) is 5.92 Å². The van der Waals surface area contributed by atoms with Gasteiger partial charge >= 0.3 is 6.03 Å². The highest BCUT2D eigenvalue weighted by atomic mass is 35.5. The molecule has 0 spiro atoms. The average molecular weight is 589 g/mol. The quantitative estimate of drug-likeness (QED) is 0.466. The molecule has 8 nitrogen and oxygen atoms in total. The van der Waals surface area contributed by atoms with Gasteiger partial charge < -0.3 is 15.5 Å². The van der Waals surface area contributed by atoms with Gasteiger partial charge in [0, 0.05) is 42.3 Å². The number of nitrogens with one attached hydrogen (secondary N) is 2. The van der Waals surface area contributed by atoms with E-state index in [0.717, 1.165) is 24.8 Å². The van der Waals surface area contributed by atoms with Crippen LogP contribution in [-0.4, -0.2) is 60.3 Å². The van der Waals surface area contributed by atoms with Crippen molar-refractivity contribution in [3.8, 4) is 0 Å². The van der Waals surface area contributed by atoms with Crippen LogP contribution in [0.5, 0.6) is 0 Å². The zero-order valence-electron chi connectivity index (χ0n) is 23.6. The van der Waals surface area contributed by atoms with Crippen molar-refractivity contribution >= 4 is 33.6 Å². The number of rotatable bonds is 7. The maximum Gasteiger partial charge on any atom is 0.317 e. The second kappa shape index (κ2) is 12.9. The Hall–Kier alpha value is -2.62. The highest BCUT2D eigenvalue weighted by Crippen LogP contribution is 2.31. The lowest BCUT2D eigenvalue weighted by atomic mass is 9.88. The van der Waals surface area contributed by atoms with Gasteiger partial charge in [0.1, 0.15) is 0 Å². The molecule has 2 aromatic rings. The van der Waals surface area contributed by atoms with Crippen molar-refractivity contribution in [2.45, 2.75) is 88.4 Å². The number of hydrogen-bond acceptors (Lipinski definition) is 4. The van der Waals surface area contributed by atoms with Crippen LogP contribution < -0.4 is 10.6 Å². The van der Waals surface area contributed by atoms with Crippen molar-refractivity contribution in [1.82, 2.24) is 19.8 Å². The van der Waals surface area contributed by atoms with Crippen LogP contribution in [0.25, 0.3) is 0 Å². The molecule has 0 aromatic heterocycles. The van der Waals surface area contributed by atoms with Crippen molar-refractivity contribution in [1.29, 1.82) is 0 Å². The van der Waals surface area contributed by atoms with Crippen LogP contribution >= 0.6 is 11.6 Å². The van der Waals surface area contributed by atoms with E-state index in [4.69, 9.17) is 11.6 Å². The number of carbonyl (C=O) groups excluding carboxylic acids is 2. The van der Waals surface area contributed by atoms with Gasteiger partial charge in [0.2, 0.25) is 15.9 Å². The molecule has 4 rings (SSSR count). The smallest absolute Gasteiger partial charge is 0.317 e. The lowest BCUT2D eigenvalue weighted by Crippen LogP contribution is -2.57. The molecule has 10 heteroatoms. The van der Waals surface area contributed by atoms with E-state index < -0.39 is 16.1 Å². The molecule has 1 saturated carbocycles. The third kappa shape index (κ3) is 7.77. The Morgan fingerprint density at radius 1 is 0.975 bits per heavy atom. The van der Waals surface area contributed by atoms with Crippen LogP contribution in [0.3, 0.4) is 0 Å². The number of sulfonamides is 1. The fourth-order valence-electron chi connectivity index (χ4n) is 5.58.